The second kappa shape index (κ2) is 5.70. The highest BCUT2D eigenvalue weighted by molar-refractivity contribution is 5.82. The van der Waals surface area contributed by atoms with Crippen LogP contribution in [0.4, 0.5) is 5.69 Å². The number of aryl methyl sites for hydroxylation is 1. The molecular weight excluding hydrogens is 262 g/mol. The van der Waals surface area contributed by atoms with Gasteiger partial charge in [0.15, 0.2) is 0 Å². The summed E-state index contributed by atoms with van der Waals surface area (Å²) in [5, 5.41) is 0. The third-order valence-corrected chi connectivity index (χ3v) is 4.67. The molecule has 1 aliphatic heterocycles. The van der Waals surface area contributed by atoms with Crippen LogP contribution in [0, 0.1) is 6.92 Å². The molecule has 0 unspecified atom stereocenters. The number of para-hydroxylation sites is 1. The highest BCUT2D eigenvalue weighted by atomic mass is 16.5. The number of fused-ring (bicyclic) bond motifs is 1. The van der Waals surface area contributed by atoms with Crippen molar-refractivity contribution < 1.29 is 9.53 Å². The Morgan fingerprint density at radius 2 is 2.14 bits per heavy atom. The number of anilines is 1. The molecule has 21 heavy (non-hydrogen) atoms. The molecule has 2 atom stereocenters. The Morgan fingerprint density at radius 3 is 2.71 bits per heavy atom. The molecular formula is C18H27NO2. The number of benzene rings is 1. The first-order valence-corrected chi connectivity index (χ1v) is 7.80. The number of carbonyl (C=O) groups is 1. The Balaban J connectivity index is 2.62. The lowest BCUT2D eigenvalue weighted by atomic mass is 9.78. The van der Waals surface area contributed by atoms with Crippen molar-refractivity contribution in [3.8, 4) is 0 Å². The third-order valence-electron chi connectivity index (χ3n) is 4.67. The van der Waals surface area contributed by atoms with Crippen LogP contribution in [0.3, 0.4) is 0 Å². The van der Waals surface area contributed by atoms with Gasteiger partial charge < -0.3 is 9.64 Å². The molecule has 0 saturated heterocycles. The molecule has 0 radical (unpaired) electrons. The maximum atomic E-state index is 12.3. The van der Waals surface area contributed by atoms with Gasteiger partial charge in [-0.2, -0.15) is 0 Å². The van der Waals surface area contributed by atoms with Crippen LogP contribution in [0.5, 0.6) is 0 Å². The number of methoxy groups -OCH3 is 1. The first kappa shape index (κ1) is 15.9. The molecule has 0 aliphatic carbocycles. The highest BCUT2D eigenvalue weighted by Crippen LogP contribution is 2.46. The predicted octanol–water partition coefficient (Wildman–Crippen LogP) is 4.04. The minimum atomic E-state index is -0.225. The minimum absolute atomic E-state index is 0.0621. The predicted molar refractivity (Wildman–Crippen MR) is 86.9 cm³/mol. The number of hydrogen-bond donors (Lipinski definition) is 0. The van der Waals surface area contributed by atoms with E-state index in [4.69, 9.17) is 4.74 Å². The molecule has 1 heterocycles. The van der Waals surface area contributed by atoms with E-state index in [0.717, 1.165) is 12.8 Å². The number of rotatable bonds is 3. The van der Waals surface area contributed by atoms with Crippen LogP contribution < -0.4 is 4.90 Å². The molecule has 0 saturated carbocycles. The molecule has 1 aliphatic rings. The van der Waals surface area contributed by atoms with Gasteiger partial charge in [-0.15, -0.1) is 0 Å². The van der Waals surface area contributed by atoms with E-state index < -0.39 is 0 Å². The van der Waals surface area contributed by atoms with Crippen LogP contribution in [0.2, 0.25) is 0 Å². The van der Waals surface area contributed by atoms with Crippen molar-refractivity contribution in [3.05, 3.63) is 29.3 Å². The summed E-state index contributed by atoms with van der Waals surface area (Å²) >= 11 is 0. The quantitative estimate of drug-likeness (QED) is 0.787. The molecule has 0 N–H and O–H groups in total. The molecule has 0 aromatic heterocycles. The first-order chi connectivity index (χ1) is 9.83. The van der Waals surface area contributed by atoms with Gasteiger partial charge in [0.1, 0.15) is 6.04 Å². The molecule has 2 rings (SSSR count). The van der Waals surface area contributed by atoms with Crippen LogP contribution >= 0.6 is 0 Å². The van der Waals surface area contributed by atoms with E-state index in [1.807, 2.05) is 6.92 Å². The van der Waals surface area contributed by atoms with Crippen LogP contribution in [-0.4, -0.2) is 24.7 Å². The average molecular weight is 289 g/mol. The van der Waals surface area contributed by atoms with Crippen molar-refractivity contribution in [2.24, 2.45) is 0 Å². The van der Waals surface area contributed by atoms with Gasteiger partial charge in [-0.3, -0.25) is 0 Å². The molecule has 3 nitrogen and oxygen atoms in total. The zero-order chi connectivity index (χ0) is 15.8. The summed E-state index contributed by atoms with van der Waals surface area (Å²) in [6.45, 7) is 10.9. The smallest absolute Gasteiger partial charge is 0.328 e. The topological polar surface area (TPSA) is 29.5 Å². The van der Waals surface area contributed by atoms with E-state index in [0.29, 0.717) is 5.92 Å². The second-order valence-electron chi connectivity index (χ2n) is 6.75. The number of ether oxygens (including phenoxy) is 1. The molecule has 3 heteroatoms. The van der Waals surface area contributed by atoms with Crippen molar-refractivity contribution in [2.75, 3.05) is 12.0 Å². The Hall–Kier alpha value is -1.51. The second-order valence-corrected chi connectivity index (χ2v) is 6.75. The van der Waals surface area contributed by atoms with Crippen LogP contribution in [-0.2, 0) is 9.53 Å². The Labute approximate surface area is 128 Å². The van der Waals surface area contributed by atoms with Gasteiger partial charge in [-0.25, -0.2) is 4.79 Å². The Bertz CT molecular complexity index is 536. The fourth-order valence-electron chi connectivity index (χ4n) is 3.84. The van der Waals surface area contributed by atoms with E-state index >= 15 is 0 Å². The minimum Gasteiger partial charge on any atom is -0.467 e. The summed E-state index contributed by atoms with van der Waals surface area (Å²) < 4.78 is 5.05. The summed E-state index contributed by atoms with van der Waals surface area (Å²) in [7, 11) is 1.48. The monoisotopic (exact) mass is 289 g/mol. The Kier molecular flexibility index (Phi) is 4.31. The van der Waals surface area contributed by atoms with Gasteiger partial charge in [0.25, 0.3) is 0 Å². The molecule has 0 amide bonds. The van der Waals surface area contributed by atoms with E-state index in [9.17, 15) is 4.79 Å². The van der Waals surface area contributed by atoms with Crippen molar-refractivity contribution in [1.29, 1.82) is 0 Å². The molecule has 0 spiro atoms. The fraction of sp³-hybridized carbons (Fsp3) is 0.611. The molecule has 0 bridgehead atoms. The van der Waals surface area contributed by atoms with Crippen molar-refractivity contribution in [2.45, 2.75) is 65.0 Å². The Morgan fingerprint density at radius 1 is 1.48 bits per heavy atom. The summed E-state index contributed by atoms with van der Waals surface area (Å²) in [4.78, 5) is 14.6. The lowest BCUT2D eigenvalue weighted by Gasteiger charge is -2.50. The van der Waals surface area contributed by atoms with E-state index in [1.165, 1.54) is 23.9 Å². The van der Waals surface area contributed by atoms with E-state index in [-0.39, 0.29) is 17.6 Å². The summed E-state index contributed by atoms with van der Waals surface area (Å²) in [5.41, 5.74) is 3.73. The van der Waals surface area contributed by atoms with Crippen molar-refractivity contribution in [1.82, 2.24) is 0 Å². The van der Waals surface area contributed by atoms with Crippen LogP contribution in [0.1, 0.15) is 57.6 Å². The van der Waals surface area contributed by atoms with Gasteiger partial charge in [0.2, 0.25) is 0 Å². The number of carbonyl (C=O) groups excluding carboxylic acids is 1. The lowest BCUT2D eigenvalue weighted by molar-refractivity contribution is -0.142. The molecule has 0 fully saturated rings. The first-order valence-electron chi connectivity index (χ1n) is 7.80. The van der Waals surface area contributed by atoms with Crippen molar-refractivity contribution >= 4 is 11.7 Å². The normalized spacial score (nSPS) is 21.6. The lowest BCUT2D eigenvalue weighted by Crippen LogP contribution is -2.56. The van der Waals surface area contributed by atoms with Crippen LogP contribution in [0.15, 0.2) is 18.2 Å². The summed E-state index contributed by atoms with van der Waals surface area (Å²) in [6.07, 6.45) is 1.79. The summed E-state index contributed by atoms with van der Waals surface area (Å²) in [6, 6.07) is 6.21. The average Bonchev–Trinajstić information content (AvgIpc) is 2.42. The number of nitrogens with zero attached hydrogens (tertiary/aromatic N) is 1. The van der Waals surface area contributed by atoms with E-state index in [2.05, 4.69) is 50.8 Å². The van der Waals surface area contributed by atoms with Gasteiger partial charge in [-0.1, -0.05) is 32.0 Å². The SMILES string of the molecule is CC[C@@H](C(=O)OC)N1c2c(C)cccc2[C@H](C)CC1(C)C. The fourth-order valence-corrected chi connectivity index (χ4v) is 3.84. The zero-order valence-corrected chi connectivity index (χ0v) is 14.1. The standard InChI is InChI=1S/C18H27NO2/c1-7-15(17(20)21-6)19-16-12(2)9-8-10-14(16)13(3)11-18(19,4)5/h8-10,13,15H,7,11H2,1-6H3/t13-,15+/m1/s1. The summed E-state index contributed by atoms with van der Waals surface area (Å²) in [5.74, 6) is 0.357. The molecule has 1 aromatic rings. The zero-order valence-electron chi connectivity index (χ0n) is 14.1. The van der Waals surface area contributed by atoms with Gasteiger partial charge in [0, 0.05) is 11.2 Å². The van der Waals surface area contributed by atoms with Gasteiger partial charge in [0.05, 0.1) is 7.11 Å². The van der Waals surface area contributed by atoms with Gasteiger partial charge in [-0.05, 0) is 50.7 Å². The molecule has 1 aromatic carbocycles. The highest BCUT2D eigenvalue weighted by Gasteiger charge is 2.42. The van der Waals surface area contributed by atoms with Gasteiger partial charge >= 0.3 is 5.97 Å². The largest absolute Gasteiger partial charge is 0.467 e. The van der Waals surface area contributed by atoms with Crippen LogP contribution in [0.25, 0.3) is 0 Å². The van der Waals surface area contributed by atoms with Crippen molar-refractivity contribution in [3.63, 3.8) is 0 Å². The number of hydrogen-bond acceptors (Lipinski definition) is 3. The third kappa shape index (κ3) is 2.66. The maximum Gasteiger partial charge on any atom is 0.328 e. The maximum absolute atomic E-state index is 12.3. The van der Waals surface area contributed by atoms with E-state index in [1.54, 1.807) is 0 Å². The number of esters is 1. The molecule has 116 valence electrons.